The van der Waals surface area contributed by atoms with Crippen molar-refractivity contribution in [3.05, 3.63) is 17.5 Å². The molecule has 96 valence electrons. The molecule has 1 fully saturated rings. The van der Waals surface area contributed by atoms with Gasteiger partial charge in [0.15, 0.2) is 5.76 Å². The molecule has 0 bridgehead atoms. The van der Waals surface area contributed by atoms with Crippen LogP contribution >= 0.6 is 0 Å². The number of rotatable bonds is 6. The third-order valence-electron chi connectivity index (χ3n) is 2.90. The van der Waals surface area contributed by atoms with Crippen LogP contribution in [0.25, 0.3) is 0 Å². The van der Waals surface area contributed by atoms with Crippen molar-refractivity contribution in [2.45, 2.75) is 26.1 Å². The minimum Gasteiger partial charge on any atom is -0.377 e. The highest BCUT2D eigenvalue weighted by atomic mass is 16.5. The molecular weight excluding hydrogens is 220 g/mol. The molecule has 1 aliphatic rings. The van der Waals surface area contributed by atoms with Gasteiger partial charge in [0.05, 0.1) is 13.2 Å². The fourth-order valence-corrected chi connectivity index (χ4v) is 2.03. The van der Waals surface area contributed by atoms with Crippen LogP contribution in [0.5, 0.6) is 0 Å². The highest BCUT2D eigenvalue weighted by Gasteiger charge is 2.13. The summed E-state index contributed by atoms with van der Waals surface area (Å²) in [5, 5.41) is 7.30. The van der Waals surface area contributed by atoms with E-state index in [2.05, 4.69) is 10.5 Å². The molecule has 1 aromatic heterocycles. The second-order valence-corrected chi connectivity index (χ2v) is 4.45. The molecule has 1 atom stereocenters. The van der Waals surface area contributed by atoms with Crippen LogP contribution in [0.3, 0.4) is 0 Å². The maximum Gasteiger partial charge on any atom is 0.162 e. The van der Waals surface area contributed by atoms with E-state index in [1.54, 1.807) is 7.11 Å². The first-order valence-electron chi connectivity index (χ1n) is 6.10. The Bertz CT molecular complexity index is 321. The van der Waals surface area contributed by atoms with Crippen LogP contribution in [0.4, 0.5) is 0 Å². The first-order valence-corrected chi connectivity index (χ1v) is 6.10. The van der Waals surface area contributed by atoms with E-state index in [0.717, 1.165) is 31.2 Å². The third-order valence-corrected chi connectivity index (χ3v) is 2.90. The number of nitrogens with zero attached hydrogens (tertiary/aromatic N) is 1. The van der Waals surface area contributed by atoms with Crippen LogP contribution in [-0.2, 0) is 22.7 Å². The average Bonchev–Trinajstić information content (AvgIpc) is 2.79. The molecule has 1 saturated heterocycles. The van der Waals surface area contributed by atoms with Gasteiger partial charge in [0, 0.05) is 19.7 Å². The van der Waals surface area contributed by atoms with Gasteiger partial charge in [0.2, 0.25) is 0 Å². The van der Waals surface area contributed by atoms with Gasteiger partial charge in [0.25, 0.3) is 0 Å². The first-order chi connectivity index (χ1) is 8.38. The van der Waals surface area contributed by atoms with Gasteiger partial charge in [0.1, 0.15) is 12.3 Å². The summed E-state index contributed by atoms with van der Waals surface area (Å²) in [6, 6.07) is 1.88. The van der Waals surface area contributed by atoms with Crippen LogP contribution in [-0.4, -0.2) is 32.0 Å². The van der Waals surface area contributed by atoms with Gasteiger partial charge < -0.3 is 19.3 Å². The number of nitrogens with one attached hydrogen (secondary N) is 1. The van der Waals surface area contributed by atoms with Gasteiger partial charge >= 0.3 is 0 Å². The van der Waals surface area contributed by atoms with Gasteiger partial charge in [-0.3, -0.25) is 0 Å². The smallest absolute Gasteiger partial charge is 0.162 e. The molecule has 1 aromatic rings. The molecule has 0 radical (unpaired) electrons. The van der Waals surface area contributed by atoms with Crippen molar-refractivity contribution in [3.8, 4) is 0 Å². The van der Waals surface area contributed by atoms with E-state index in [4.69, 9.17) is 14.0 Å². The predicted octanol–water partition coefficient (Wildman–Crippen LogP) is 1.34. The van der Waals surface area contributed by atoms with Crippen molar-refractivity contribution in [3.63, 3.8) is 0 Å². The van der Waals surface area contributed by atoms with E-state index >= 15 is 0 Å². The SMILES string of the molecule is COCc1cc(COCC2CCCNC2)no1. The monoisotopic (exact) mass is 240 g/mol. The van der Waals surface area contributed by atoms with Crippen LogP contribution in [0.15, 0.2) is 10.6 Å². The van der Waals surface area contributed by atoms with Gasteiger partial charge in [-0.25, -0.2) is 0 Å². The second kappa shape index (κ2) is 6.74. The Morgan fingerprint density at radius 3 is 3.24 bits per heavy atom. The van der Waals surface area contributed by atoms with Gasteiger partial charge in [-0.2, -0.15) is 0 Å². The van der Waals surface area contributed by atoms with E-state index in [-0.39, 0.29) is 0 Å². The number of methoxy groups -OCH3 is 1. The summed E-state index contributed by atoms with van der Waals surface area (Å²) in [4.78, 5) is 0. The molecule has 2 rings (SSSR count). The van der Waals surface area contributed by atoms with E-state index in [1.807, 2.05) is 6.07 Å². The first kappa shape index (κ1) is 12.5. The van der Waals surface area contributed by atoms with E-state index in [9.17, 15) is 0 Å². The van der Waals surface area contributed by atoms with Crippen LogP contribution in [0.2, 0.25) is 0 Å². The van der Waals surface area contributed by atoms with Gasteiger partial charge in [-0.1, -0.05) is 5.16 Å². The van der Waals surface area contributed by atoms with Crippen molar-refractivity contribution in [2.24, 2.45) is 5.92 Å². The van der Waals surface area contributed by atoms with Crippen molar-refractivity contribution in [2.75, 3.05) is 26.8 Å². The lowest BCUT2D eigenvalue weighted by Gasteiger charge is -2.22. The van der Waals surface area contributed by atoms with Crippen LogP contribution in [0, 0.1) is 5.92 Å². The quantitative estimate of drug-likeness (QED) is 0.813. The molecule has 0 aromatic carbocycles. The predicted molar refractivity (Wildman–Crippen MR) is 62.5 cm³/mol. The molecule has 17 heavy (non-hydrogen) atoms. The Balaban J connectivity index is 1.66. The zero-order valence-electron chi connectivity index (χ0n) is 10.3. The summed E-state index contributed by atoms with van der Waals surface area (Å²) in [6.07, 6.45) is 2.50. The van der Waals surface area contributed by atoms with Gasteiger partial charge in [-0.15, -0.1) is 0 Å². The second-order valence-electron chi connectivity index (χ2n) is 4.45. The summed E-state index contributed by atoms with van der Waals surface area (Å²) in [6.45, 7) is 3.97. The zero-order chi connectivity index (χ0) is 11.9. The minimum absolute atomic E-state index is 0.458. The summed E-state index contributed by atoms with van der Waals surface area (Å²) in [7, 11) is 1.63. The highest BCUT2D eigenvalue weighted by molar-refractivity contribution is 5.03. The Kier molecular flexibility index (Phi) is 4.97. The molecule has 1 N–H and O–H groups in total. The van der Waals surface area contributed by atoms with E-state index in [1.165, 1.54) is 12.8 Å². The Labute approximate surface area is 101 Å². The Morgan fingerprint density at radius 1 is 1.53 bits per heavy atom. The summed E-state index contributed by atoms with van der Waals surface area (Å²) >= 11 is 0. The number of hydrogen-bond acceptors (Lipinski definition) is 5. The molecule has 1 unspecified atom stereocenters. The minimum atomic E-state index is 0.458. The third kappa shape index (κ3) is 4.11. The lowest BCUT2D eigenvalue weighted by Crippen LogP contribution is -2.32. The van der Waals surface area contributed by atoms with E-state index < -0.39 is 0 Å². The number of piperidine rings is 1. The van der Waals surface area contributed by atoms with Crippen LogP contribution < -0.4 is 5.32 Å². The van der Waals surface area contributed by atoms with Crippen molar-refractivity contribution in [1.29, 1.82) is 0 Å². The highest BCUT2D eigenvalue weighted by Crippen LogP contribution is 2.12. The fourth-order valence-electron chi connectivity index (χ4n) is 2.03. The topological polar surface area (TPSA) is 56.5 Å². The van der Waals surface area contributed by atoms with Crippen molar-refractivity contribution < 1.29 is 14.0 Å². The fraction of sp³-hybridized carbons (Fsp3) is 0.750. The zero-order valence-corrected chi connectivity index (χ0v) is 10.3. The van der Waals surface area contributed by atoms with E-state index in [0.29, 0.717) is 19.1 Å². The number of ether oxygens (including phenoxy) is 2. The standard InChI is InChI=1S/C12H20N2O3/c1-15-9-12-5-11(14-17-12)8-16-7-10-3-2-4-13-6-10/h5,10,13H,2-4,6-9H2,1H3. The summed E-state index contributed by atoms with van der Waals surface area (Å²) < 4.78 is 15.7. The Hall–Kier alpha value is -0.910. The molecule has 5 nitrogen and oxygen atoms in total. The summed E-state index contributed by atoms with van der Waals surface area (Å²) in [5.74, 6) is 1.37. The molecule has 0 saturated carbocycles. The maximum atomic E-state index is 5.65. The molecule has 5 heteroatoms. The number of aromatic nitrogens is 1. The van der Waals surface area contributed by atoms with Crippen LogP contribution in [0.1, 0.15) is 24.3 Å². The normalized spacial score (nSPS) is 20.6. The molecule has 0 aliphatic carbocycles. The Morgan fingerprint density at radius 2 is 2.47 bits per heavy atom. The molecular formula is C12H20N2O3. The maximum absolute atomic E-state index is 5.65. The average molecular weight is 240 g/mol. The van der Waals surface area contributed by atoms with Gasteiger partial charge in [-0.05, 0) is 25.3 Å². The van der Waals surface area contributed by atoms with Crippen molar-refractivity contribution >= 4 is 0 Å². The molecule has 1 aliphatic heterocycles. The molecule has 2 heterocycles. The number of hydrogen-bond donors (Lipinski definition) is 1. The molecule has 0 amide bonds. The largest absolute Gasteiger partial charge is 0.377 e. The molecule has 0 spiro atoms. The summed E-state index contributed by atoms with van der Waals surface area (Å²) in [5.41, 5.74) is 0.834. The lowest BCUT2D eigenvalue weighted by molar-refractivity contribution is 0.0745. The van der Waals surface area contributed by atoms with Crippen molar-refractivity contribution in [1.82, 2.24) is 10.5 Å². The lowest BCUT2D eigenvalue weighted by atomic mass is 10.0.